The van der Waals surface area contributed by atoms with Crippen LogP contribution in [0.1, 0.15) is 34.9 Å². The van der Waals surface area contributed by atoms with Crippen LogP contribution in [0.25, 0.3) is 0 Å². The average Bonchev–Trinajstić information content (AvgIpc) is 2.53. The fourth-order valence-corrected chi connectivity index (χ4v) is 2.05. The maximum atomic E-state index is 12.1. The number of ketones is 1. The van der Waals surface area contributed by atoms with Gasteiger partial charge in [0.25, 0.3) is 0 Å². The molecule has 0 saturated carbocycles. The van der Waals surface area contributed by atoms with Gasteiger partial charge in [-0.3, -0.25) is 4.79 Å². The van der Waals surface area contributed by atoms with E-state index in [0.717, 1.165) is 5.56 Å². The maximum Gasteiger partial charge on any atom is 0.163 e. The number of methoxy groups -OCH3 is 1. The molecule has 3 nitrogen and oxygen atoms in total. The van der Waals surface area contributed by atoms with E-state index in [4.69, 9.17) is 4.74 Å². The SMILES string of the molecule is COc1cccc(C(=O)CCC(O)c2ccccc2)c1. The first kappa shape index (κ1) is 14.3. The molecule has 0 aliphatic heterocycles. The van der Waals surface area contributed by atoms with Gasteiger partial charge in [0.2, 0.25) is 0 Å². The summed E-state index contributed by atoms with van der Waals surface area (Å²) in [5.41, 5.74) is 1.45. The van der Waals surface area contributed by atoms with Gasteiger partial charge in [-0.15, -0.1) is 0 Å². The van der Waals surface area contributed by atoms with Gasteiger partial charge in [0.15, 0.2) is 5.78 Å². The Morgan fingerprint density at radius 2 is 1.90 bits per heavy atom. The van der Waals surface area contributed by atoms with Gasteiger partial charge in [-0.2, -0.15) is 0 Å². The second-order valence-corrected chi connectivity index (χ2v) is 4.62. The number of rotatable bonds is 6. The summed E-state index contributed by atoms with van der Waals surface area (Å²) in [4.78, 5) is 12.1. The molecule has 104 valence electrons. The highest BCUT2D eigenvalue weighted by Crippen LogP contribution is 2.20. The third-order valence-corrected chi connectivity index (χ3v) is 3.22. The van der Waals surface area contributed by atoms with E-state index < -0.39 is 6.10 Å². The van der Waals surface area contributed by atoms with E-state index in [0.29, 0.717) is 24.2 Å². The van der Waals surface area contributed by atoms with Gasteiger partial charge in [-0.05, 0) is 24.1 Å². The van der Waals surface area contributed by atoms with Crippen molar-refractivity contribution < 1.29 is 14.6 Å². The Morgan fingerprint density at radius 1 is 1.15 bits per heavy atom. The minimum atomic E-state index is -0.606. The lowest BCUT2D eigenvalue weighted by molar-refractivity contribution is 0.0940. The zero-order valence-electron chi connectivity index (χ0n) is 11.5. The van der Waals surface area contributed by atoms with E-state index in [1.807, 2.05) is 30.3 Å². The smallest absolute Gasteiger partial charge is 0.163 e. The number of aliphatic hydroxyl groups excluding tert-OH is 1. The summed E-state index contributed by atoms with van der Waals surface area (Å²) in [5.74, 6) is 0.679. The van der Waals surface area contributed by atoms with Crippen LogP contribution in [0.15, 0.2) is 54.6 Å². The second kappa shape index (κ2) is 6.87. The first-order valence-corrected chi connectivity index (χ1v) is 6.61. The van der Waals surface area contributed by atoms with Crippen molar-refractivity contribution in [2.45, 2.75) is 18.9 Å². The van der Waals surface area contributed by atoms with E-state index in [9.17, 15) is 9.90 Å². The summed E-state index contributed by atoms with van der Waals surface area (Å²) >= 11 is 0. The third-order valence-electron chi connectivity index (χ3n) is 3.22. The van der Waals surface area contributed by atoms with E-state index >= 15 is 0 Å². The zero-order valence-corrected chi connectivity index (χ0v) is 11.5. The monoisotopic (exact) mass is 270 g/mol. The number of hydrogen-bond acceptors (Lipinski definition) is 3. The van der Waals surface area contributed by atoms with Crippen LogP contribution >= 0.6 is 0 Å². The van der Waals surface area contributed by atoms with Crippen LogP contribution in [-0.4, -0.2) is 18.0 Å². The molecule has 0 aliphatic carbocycles. The van der Waals surface area contributed by atoms with Crippen molar-refractivity contribution in [3.63, 3.8) is 0 Å². The minimum Gasteiger partial charge on any atom is -0.497 e. The number of carbonyl (C=O) groups is 1. The Bertz CT molecular complexity index is 563. The van der Waals surface area contributed by atoms with Crippen molar-refractivity contribution in [2.24, 2.45) is 0 Å². The Balaban J connectivity index is 1.95. The predicted octanol–water partition coefficient (Wildman–Crippen LogP) is 3.39. The second-order valence-electron chi connectivity index (χ2n) is 4.62. The van der Waals surface area contributed by atoms with Crippen molar-refractivity contribution in [1.82, 2.24) is 0 Å². The molecule has 0 aliphatic rings. The molecule has 0 spiro atoms. The summed E-state index contributed by atoms with van der Waals surface area (Å²) in [5, 5.41) is 10.0. The molecule has 0 radical (unpaired) electrons. The van der Waals surface area contributed by atoms with Gasteiger partial charge < -0.3 is 9.84 Å². The topological polar surface area (TPSA) is 46.5 Å². The molecule has 0 fully saturated rings. The zero-order chi connectivity index (χ0) is 14.4. The number of hydrogen-bond donors (Lipinski definition) is 1. The highest BCUT2D eigenvalue weighted by atomic mass is 16.5. The van der Waals surface area contributed by atoms with Crippen molar-refractivity contribution in [3.8, 4) is 5.75 Å². The lowest BCUT2D eigenvalue weighted by atomic mass is 10.0. The largest absolute Gasteiger partial charge is 0.497 e. The van der Waals surface area contributed by atoms with Crippen molar-refractivity contribution in [1.29, 1.82) is 0 Å². The maximum absolute atomic E-state index is 12.1. The summed E-state index contributed by atoms with van der Waals surface area (Å²) in [6.45, 7) is 0. The quantitative estimate of drug-likeness (QED) is 0.818. The standard InChI is InChI=1S/C17H18O3/c1-20-15-9-5-8-14(12-15)17(19)11-10-16(18)13-6-3-2-4-7-13/h2-9,12,16,18H,10-11H2,1H3. The molecule has 2 aromatic rings. The van der Waals surface area contributed by atoms with E-state index in [1.54, 1.807) is 31.4 Å². The van der Waals surface area contributed by atoms with Crippen LogP contribution in [0.4, 0.5) is 0 Å². The van der Waals surface area contributed by atoms with Crippen LogP contribution in [0, 0.1) is 0 Å². The number of aliphatic hydroxyl groups is 1. The molecule has 1 N–H and O–H groups in total. The molecule has 0 bridgehead atoms. The van der Waals surface area contributed by atoms with Gasteiger partial charge >= 0.3 is 0 Å². The number of benzene rings is 2. The fourth-order valence-electron chi connectivity index (χ4n) is 2.05. The summed E-state index contributed by atoms with van der Waals surface area (Å²) < 4.78 is 5.10. The van der Waals surface area contributed by atoms with Crippen LogP contribution in [0.5, 0.6) is 5.75 Å². The molecule has 0 aromatic heterocycles. The average molecular weight is 270 g/mol. The predicted molar refractivity (Wildman–Crippen MR) is 78.0 cm³/mol. The Labute approximate surface area is 118 Å². The van der Waals surface area contributed by atoms with Crippen LogP contribution in [0.2, 0.25) is 0 Å². The van der Waals surface area contributed by atoms with Crippen LogP contribution in [0.3, 0.4) is 0 Å². The Morgan fingerprint density at radius 3 is 2.60 bits per heavy atom. The van der Waals surface area contributed by atoms with Gasteiger partial charge in [0.05, 0.1) is 13.2 Å². The van der Waals surface area contributed by atoms with E-state index in [1.165, 1.54) is 0 Å². The summed E-state index contributed by atoms with van der Waals surface area (Å²) in [6.07, 6.45) is 0.120. The molecule has 1 atom stereocenters. The Hall–Kier alpha value is -2.13. The molecule has 0 amide bonds. The number of carbonyl (C=O) groups excluding carboxylic acids is 1. The number of Topliss-reactive ketones (excluding diaryl/α,β-unsaturated/α-hetero) is 1. The fraction of sp³-hybridized carbons (Fsp3) is 0.235. The molecule has 0 saturated heterocycles. The van der Waals surface area contributed by atoms with Gasteiger partial charge in [-0.25, -0.2) is 0 Å². The van der Waals surface area contributed by atoms with Gasteiger partial charge in [-0.1, -0.05) is 42.5 Å². The van der Waals surface area contributed by atoms with Crippen LogP contribution in [-0.2, 0) is 0 Å². The summed E-state index contributed by atoms with van der Waals surface area (Å²) in [7, 11) is 1.57. The van der Waals surface area contributed by atoms with Crippen molar-refractivity contribution in [2.75, 3.05) is 7.11 Å². The normalized spacial score (nSPS) is 11.9. The van der Waals surface area contributed by atoms with Crippen molar-refractivity contribution in [3.05, 3.63) is 65.7 Å². The highest BCUT2D eigenvalue weighted by molar-refractivity contribution is 5.96. The molecule has 1 unspecified atom stereocenters. The number of ether oxygens (including phenoxy) is 1. The van der Waals surface area contributed by atoms with E-state index in [2.05, 4.69) is 0 Å². The molecule has 0 heterocycles. The van der Waals surface area contributed by atoms with Gasteiger partial charge in [0.1, 0.15) is 5.75 Å². The molecule has 2 aromatic carbocycles. The van der Waals surface area contributed by atoms with Crippen molar-refractivity contribution >= 4 is 5.78 Å². The minimum absolute atomic E-state index is 0.0129. The molecule has 2 rings (SSSR count). The first-order chi connectivity index (χ1) is 9.70. The first-order valence-electron chi connectivity index (χ1n) is 6.61. The Kier molecular flexibility index (Phi) is 4.91. The lowest BCUT2D eigenvalue weighted by Gasteiger charge is -2.10. The van der Waals surface area contributed by atoms with Gasteiger partial charge in [0, 0.05) is 12.0 Å². The molecular weight excluding hydrogens is 252 g/mol. The molecule has 3 heteroatoms. The third kappa shape index (κ3) is 3.68. The summed E-state index contributed by atoms with van der Waals surface area (Å²) in [6, 6.07) is 16.5. The lowest BCUT2D eigenvalue weighted by Crippen LogP contribution is -2.04. The molecular formula is C17H18O3. The van der Waals surface area contributed by atoms with Crippen LogP contribution < -0.4 is 4.74 Å². The molecule has 20 heavy (non-hydrogen) atoms. The highest BCUT2D eigenvalue weighted by Gasteiger charge is 2.12. The van der Waals surface area contributed by atoms with E-state index in [-0.39, 0.29) is 5.78 Å².